The van der Waals surface area contributed by atoms with Crippen LogP contribution in [0.4, 0.5) is 0 Å². The maximum Gasteiger partial charge on any atom is 0.154 e. The van der Waals surface area contributed by atoms with E-state index in [1.54, 1.807) is 0 Å². The Labute approximate surface area is 76.6 Å². The van der Waals surface area contributed by atoms with Crippen LogP contribution in [-0.2, 0) is 4.79 Å². The van der Waals surface area contributed by atoms with E-state index in [0.717, 1.165) is 13.8 Å². The Hall–Kier alpha value is -0.490. The van der Waals surface area contributed by atoms with Crippen molar-refractivity contribution in [2.24, 2.45) is 0 Å². The lowest BCUT2D eigenvalue weighted by atomic mass is 9.83. The molecule has 0 aromatic heterocycles. The van der Waals surface area contributed by atoms with Crippen molar-refractivity contribution in [1.82, 2.24) is 0 Å². The lowest BCUT2D eigenvalue weighted by Crippen LogP contribution is -2.59. The quantitative estimate of drug-likeness (QED) is 0.403. The summed E-state index contributed by atoms with van der Waals surface area (Å²) in [5.74, 6) is 0. The van der Waals surface area contributed by atoms with Crippen molar-refractivity contribution in [3.05, 3.63) is 0 Å². The summed E-state index contributed by atoms with van der Waals surface area (Å²) in [7, 11) is 0. The molecule has 0 bridgehead atoms. The highest BCUT2D eigenvalue weighted by atomic mass is 16.4. The first-order valence-electron chi connectivity index (χ1n) is 3.93. The molecular formula is C8H16O5. The molecule has 5 heteroatoms. The Morgan fingerprint density at radius 2 is 1.62 bits per heavy atom. The van der Waals surface area contributed by atoms with Gasteiger partial charge in [0.2, 0.25) is 0 Å². The number of aliphatic hydroxyl groups is 4. The molecule has 0 rings (SSSR count). The average Bonchev–Trinajstić information content (AvgIpc) is 2.02. The van der Waals surface area contributed by atoms with Gasteiger partial charge in [0.25, 0.3) is 0 Å². The van der Waals surface area contributed by atoms with Gasteiger partial charge in [-0.2, -0.15) is 0 Å². The Morgan fingerprint density at radius 1 is 1.23 bits per heavy atom. The van der Waals surface area contributed by atoms with Crippen LogP contribution in [-0.4, -0.2) is 50.1 Å². The van der Waals surface area contributed by atoms with Gasteiger partial charge in [0, 0.05) is 0 Å². The Morgan fingerprint density at radius 3 is 1.85 bits per heavy atom. The lowest BCUT2D eigenvalue weighted by Gasteiger charge is -2.37. The number of hydrogen-bond donors (Lipinski definition) is 4. The molecule has 0 aliphatic heterocycles. The molecule has 0 unspecified atom stereocenters. The van der Waals surface area contributed by atoms with Crippen LogP contribution in [0.1, 0.15) is 20.8 Å². The van der Waals surface area contributed by atoms with Crippen LogP contribution >= 0.6 is 0 Å². The Balaban J connectivity index is 4.77. The topological polar surface area (TPSA) is 98.0 Å². The summed E-state index contributed by atoms with van der Waals surface area (Å²) < 4.78 is 0. The van der Waals surface area contributed by atoms with Gasteiger partial charge in [-0.1, -0.05) is 0 Å². The monoisotopic (exact) mass is 192 g/mol. The minimum absolute atomic E-state index is 0.120. The van der Waals surface area contributed by atoms with Crippen molar-refractivity contribution >= 4 is 6.29 Å². The largest absolute Gasteiger partial charge is 0.390 e. The van der Waals surface area contributed by atoms with E-state index in [9.17, 15) is 20.1 Å². The van der Waals surface area contributed by atoms with Gasteiger partial charge >= 0.3 is 0 Å². The third-order valence-corrected chi connectivity index (χ3v) is 2.19. The zero-order valence-electron chi connectivity index (χ0n) is 7.93. The number of carbonyl (C=O) groups is 1. The zero-order chi connectivity index (χ0) is 10.9. The van der Waals surface area contributed by atoms with E-state index < -0.39 is 23.4 Å². The average molecular weight is 192 g/mol. The van der Waals surface area contributed by atoms with E-state index in [4.69, 9.17) is 5.11 Å². The van der Waals surface area contributed by atoms with Crippen LogP contribution in [0.25, 0.3) is 0 Å². The predicted octanol–water partition coefficient (Wildman–Crippen LogP) is -1.57. The Kier molecular flexibility index (Phi) is 3.57. The molecule has 0 aromatic carbocycles. The molecule has 0 fully saturated rings. The summed E-state index contributed by atoms with van der Waals surface area (Å²) >= 11 is 0. The second-order valence-electron chi connectivity index (χ2n) is 3.65. The molecule has 0 amide bonds. The van der Waals surface area contributed by atoms with E-state index in [2.05, 4.69) is 0 Å². The number of aldehydes is 1. The number of carbonyl (C=O) groups excluding carboxylic acids is 1. The summed E-state index contributed by atoms with van der Waals surface area (Å²) in [6, 6.07) is 0. The minimum Gasteiger partial charge on any atom is -0.390 e. The van der Waals surface area contributed by atoms with Gasteiger partial charge in [-0.25, -0.2) is 0 Å². The normalized spacial score (nSPS) is 25.5. The van der Waals surface area contributed by atoms with Gasteiger partial charge in [0.1, 0.15) is 17.3 Å². The summed E-state index contributed by atoms with van der Waals surface area (Å²) in [5.41, 5.74) is -4.00. The number of hydrogen-bond acceptors (Lipinski definition) is 5. The van der Waals surface area contributed by atoms with Gasteiger partial charge in [-0.05, 0) is 20.8 Å². The zero-order valence-corrected chi connectivity index (χ0v) is 7.93. The summed E-state index contributed by atoms with van der Waals surface area (Å²) in [6.07, 6.45) is -2.87. The number of rotatable bonds is 4. The summed E-state index contributed by atoms with van der Waals surface area (Å²) in [6.45, 7) is 3.45. The molecule has 4 atom stereocenters. The highest BCUT2D eigenvalue weighted by Gasteiger charge is 2.46. The SMILES string of the molecule is C[C@H](O)[C@@](C)(O)[C@@H](O)[C@](C)(O)C=O. The maximum atomic E-state index is 10.3. The third-order valence-electron chi connectivity index (χ3n) is 2.19. The van der Waals surface area contributed by atoms with Crippen molar-refractivity contribution < 1.29 is 25.2 Å². The van der Waals surface area contributed by atoms with Crippen LogP contribution in [0.5, 0.6) is 0 Å². The fourth-order valence-electron chi connectivity index (χ4n) is 0.885. The molecule has 0 heterocycles. The molecule has 0 aromatic rings. The van der Waals surface area contributed by atoms with Crippen molar-refractivity contribution in [3.8, 4) is 0 Å². The molecule has 5 nitrogen and oxygen atoms in total. The van der Waals surface area contributed by atoms with E-state index in [1.807, 2.05) is 0 Å². The van der Waals surface area contributed by atoms with Crippen molar-refractivity contribution in [2.45, 2.75) is 44.2 Å². The molecule has 4 N–H and O–H groups in total. The van der Waals surface area contributed by atoms with E-state index >= 15 is 0 Å². The molecule has 0 saturated heterocycles. The van der Waals surface area contributed by atoms with Crippen molar-refractivity contribution in [2.75, 3.05) is 0 Å². The molecular weight excluding hydrogens is 176 g/mol. The first-order chi connectivity index (χ1) is 5.66. The van der Waals surface area contributed by atoms with Crippen LogP contribution in [0.3, 0.4) is 0 Å². The fraction of sp³-hybridized carbons (Fsp3) is 0.875. The summed E-state index contributed by atoms with van der Waals surface area (Å²) in [5, 5.41) is 37.3. The van der Waals surface area contributed by atoms with Crippen LogP contribution < -0.4 is 0 Å². The first-order valence-corrected chi connectivity index (χ1v) is 3.93. The second-order valence-corrected chi connectivity index (χ2v) is 3.65. The molecule has 0 spiro atoms. The highest BCUT2D eigenvalue weighted by Crippen LogP contribution is 2.22. The van der Waals surface area contributed by atoms with E-state index in [-0.39, 0.29) is 6.29 Å². The molecule has 0 aliphatic carbocycles. The predicted molar refractivity (Wildman–Crippen MR) is 45.0 cm³/mol. The van der Waals surface area contributed by atoms with E-state index in [0.29, 0.717) is 0 Å². The Bertz CT molecular complexity index is 185. The molecule has 78 valence electrons. The smallest absolute Gasteiger partial charge is 0.154 e. The van der Waals surface area contributed by atoms with Gasteiger partial charge in [0.05, 0.1) is 6.10 Å². The van der Waals surface area contributed by atoms with Crippen LogP contribution in [0.2, 0.25) is 0 Å². The van der Waals surface area contributed by atoms with E-state index in [1.165, 1.54) is 6.92 Å². The molecule has 13 heavy (non-hydrogen) atoms. The van der Waals surface area contributed by atoms with Crippen LogP contribution in [0.15, 0.2) is 0 Å². The second kappa shape index (κ2) is 3.71. The van der Waals surface area contributed by atoms with Crippen molar-refractivity contribution in [3.63, 3.8) is 0 Å². The van der Waals surface area contributed by atoms with Gasteiger partial charge in [0.15, 0.2) is 6.29 Å². The third kappa shape index (κ3) is 2.47. The lowest BCUT2D eigenvalue weighted by molar-refractivity contribution is -0.189. The maximum absolute atomic E-state index is 10.3. The highest BCUT2D eigenvalue weighted by molar-refractivity contribution is 5.62. The standard InChI is InChI=1S/C8H16O5/c1-5(10)8(3,13)6(11)7(2,12)4-9/h4-6,10-13H,1-3H3/t5-,6-,7+,8+/m0/s1. The molecule has 0 radical (unpaired) electrons. The minimum atomic E-state index is -2.07. The first kappa shape index (κ1) is 12.5. The molecule has 0 saturated carbocycles. The van der Waals surface area contributed by atoms with Gasteiger partial charge in [-0.15, -0.1) is 0 Å². The molecule has 0 aliphatic rings. The van der Waals surface area contributed by atoms with Gasteiger partial charge in [-0.3, -0.25) is 0 Å². The van der Waals surface area contributed by atoms with Crippen molar-refractivity contribution in [1.29, 1.82) is 0 Å². The number of aliphatic hydroxyl groups excluding tert-OH is 2. The summed E-state index contributed by atoms with van der Waals surface area (Å²) in [4.78, 5) is 10.3. The van der Waals surface area contributed by atoms with Gasteiger partial charge < -0.3 is 25.2 Å². The van der Waals surface area contributed by atoms with Crippen LogP contribution in [0, 0.1) is 0 Å². The fourth-order valence-corrected chi connectivity index (χ4v) is 0.885.